The van der Waals surface area contributed by atoms with Crippen molar-refractivity contribution in [3.05, 3.63) is 74.0 Å². The van der Waals surface area contributed by atoms with Crippen LogP contribution >= 0.6 is 0 Å². The normalized spacial score (nSPS) is 11.1. The topological polar surface area (TPSA) is 120 Å². The second-order valence-corrected chi connectivity index (χ2v) is 5.93. The summed E-state index contributed by atoms with van der Waals surface area (Å²) in [6, 6.07) is 12.3. The summed E-state index contributed by atoms with van der Waals surface area (Å²) >= 11 is 0. The van der Waals surface area contributed by atoms with E-state index in [1.54, 1.807) is 18.2 Å². The van der Waals surface area contributed by atoms with E-state index in [1.807, 2.05) is 24.3 Å². The number of H-pyrrole nitrogens is 1. The van der Waals surface area contributed by atoms with Crippen LogP contribution in [0.15, 0.2) is 52.1 Å². The molecule has 0 fully saturated rings. The van der Waals surface area contributed by atoms with E-state index in [0.717, 1.165) is 22.2 Å². The number of anilines is 2. The molecule has 4 aromatic rings. The summed E-state index contributed by atoms with van der Waals surface area (Å²) in [6.45, 7) is 0.716. The van der Waals surface area contributed by atoms with Gasteiger partial charge in [0.05, 0.1) is 0 Å². The van der Waals surface area contributed by atoms with E-state index in [4.69, 9.17) is 0 Å². The third kappa shape index (κ3) is 2.88. The maximum Gasteiger partial charge on any atom is 0.253 e. The van der Waals surface area contributed by atoms with E-state index in [0.29, 0.717) is 13.1 Å². The molecule has 0 saturated carbocycles. The smallest absolute Gasteiger partial charge is 0.253 e. The number of aromatic nitrogens is 3. The third-order valence-corrected chi connectivity index (χ3v) is 4.14. The molecule has 1 heterocycles. The summed E-state index contributed by atoms with van der Waals surface area (Å²) in [7, 11) is 0. The van der Waals surface area contributed by atoms with Gasteiger partial charge in [-0.3, -0.25) is 9.59 Å². The fourth-order valence-electron chi connectivity index (χ4n) is 2.77. The molecule has 0 aliphatic heterocycles. The van der Waals surface area contributed by atoms with Crippen LogP contribution in [0.5, 0.6) is 5.75 Å². The Morgan fingerprint density at radius 1 is 0.846 bits per heavy atom. The first kappa shape index (κ1) is 15.8. The number of rotatable bonds is 6. The average molecular weight is 349 g/mol. The van der Waals surface area contributed by atoms with Crippen molar-refractivity contribution in [1.82, 2.24) is 15.4 Å². The Kier molecular flexibility index (Phi) is 3.85. The first-order chi connectivity index (χ1) is 12.6. The zero-order valence-corrected chi connectivity index (χ0v) is 13.6. The molecule has 0 saturated heterocycles. The molecule has 8 nitrogen and oxygen atoms in total. The molecule has 0 spiro atoms. The lowest BCUT2D eigenvalue weighted by Crippen LogP contribution is -2.37. The van der Waals surface area contributed by atoms with E-state index in [2.05, 4.69) is 26.0 Å². The summed E-state index contributed by atoms with van der Waals surface area (Å²) in [5, 5.41) is 26.0. The highest BCUT2D eigenvalue weighted by molar-refractivity contribution is 5.76. The van der Waals surface area contributed by atoms with Gasteiger partial charge in [0.1, 0.15) is 28.2 Å². The Hall–Kier alpha value is -3.68. The van der Waals surface area contributed by atoms with Gasteiger partial charge in [-0.25, -0.2) is 0 Å². The molecule has 26 heavy (non-hydrogen) atoms. The molecular formula is C18H15N5O3. The maximum absolute atomic E-state index is 11.9. The number of aromatic amines is 1. The molecular weight excluding hydrogens is 334 g/mol. The Morgan fingerprint density at radius 2 is 1.50 bits per heavy atom. The Balaban J connectivity index is 1.46. The van der Waals surface area contributed by atoms with Gasteiger partial charge in [0, 0.05) is 13.1 Å². The zero-order chi connectivity index (χ0) is 18.1. The Bertz CT molecular complexity index is 1160. The lowest BCUT2D eigenvalue weighted by Gasteiger charge is -2.15. The predicted molar refractivity (Wildman–Crippen MR) is 98.0 cm³/mol. The van der Waals surface area contributed by atoms with Gasteiger partial charge in [-0.05, 0) is 35.4 Å². The first-order valence-corrected chi connectivity index (χ1v) is 8.00. The number of benzene rings is 2. The standard InChI is InChI=1S/C18H15N5O3/c24-12-3-1-2-10(6-12)8-19-15-16(18(26)17(15)25)20-9-11-4-5-13-14(7-11)22-23-21-13/h1-7,19-20,24H,8-9H2,(H,21,22,23). The molecule has 0 aliphatic carbocycles. The largest absolute Gasteiger partial charge is 0.508 e. The SMILES string of the molecule is O=c1c(NCc2cccc(O)c2)c(NCc2ccc3n[nH]nc3c2)c1=O. The van der Waals surface area contributed by atoms with Crippen LogP contribution in [0.25, 0.3) is 11.0 Å². The van der Waals surface area contributed by atoms with Gasteiger partial charge in [0.2, 0.25) is 0 Å². The number of phenols is 1. The van der Waals surface area contributed by atoms with Gasteiger partial charge in [-0.2, -0.15) is 15.4 Å². The summed E-state index contributed by atoms with van der Waals surface area (Å²) in [5.74, 6) is 0.149. The number of fused-ring (bicyclic) bond motifs is 1. The van der Waals surface area contributed by atoms with Crippen molar-refractivity contribution in [3.8, 4) is 5.75 Å². The number of hydrogen-bond donors (Lipinski definition) is 4. The number of hydrogen-bond acceptors (Lipinski definition) is 7. The summed E-state index contributed by atoms with van der Waals surface area (Å²) < 4.78 is 0. The van der Waals surface area contributed by atoms with Gasteiger partial charge >= 0.3 is 0 Å². The molecule has 130 valence electrons. The number of aromatic hydroxyl groups is 1. The van der Waals surface area contributed by atoms with Crippen molar-refractivity contribution in [2.75, 3.05) is 10.6 Å². The number of nitrogens with one attached hydrogen (secondary N) is 3. The molecule has 8 heteroatoms. The molecule has 4 rings (SSSR count). The fourth-order valence-corrected chi connectivity index (χ4v) is 2.77. The zero-order valence-electron chi connectivity index (χ0n) is 13.6. The third-order valence-electron chi connectivity index (χ3n) is 4.14. The monoisotopic (exact) mass is 349 g/mol. The van der Waals surface area contributed by atoms with Crippen LogP contribution in [-0.4, -0.2) is 20.5 Å². The van der Waals surface area contributed by atoms with E-state index in [9.17, 15) is 14.7 Å². The van der Waals surface area contributed by atoms with Crippen LogP contribution in [0.1, 0.15) is 11.1 Å². The number of nitrogens with zero attached hydrogens (tertiary/aromatic N) is 2. The first-order valence-electron chi connectivity index (χ1n) is 8.00. The molecule has 1 aromatic heterocycles. The second-order valence-electron chi connectivity index (χ2n) is 5.93. The lowest BCUT2D eigenvalue weighted by atomic mass is 10.1. The Labute approximate surface area is 147 Å². The minimum Gasteiger partial charge on any atom is -0.508 e. The van der Waals surface area contributed by atoms with Crippen molar-refractivity contribution in [1.29, 1.82) is 0 Å². The van der Waals surface area contributed by atoms with Crippen LogP contribution in [0, 0.1) is 0 Å². The highest BCUT2D eigenvalue weighted by Crippen LogP contribution is 2.19. The van der Waals surface area contributed by atoms with Gasteiger partial charge in [-0.1, -0.05) is 18.2 Å². The van der Waals surface area contributed by atoms with Crippen LogP contribution in [0.3, 0.4) is 0 Å². The van der Waals surface area contributed by atoms with Crippen LogP contribution < -0.4 is 21.5 Å². The molecule has 0 radical (unpaired) electrons. The second kappa shape index (κ2) is 6.32. The van der Waals surface area contributed by atoms with Crippen LogP contribution in [-0.2, 0) is 13.1 Å². The van der Waals surface area contributed by atoms with Crippen LogP contribution in [0.2, 0.25) is 0 Å². The number of phenolic OH excluding ortho intramolecular Hbond substituents is 1. The molecule has 0 bridgehead atoms. The molecule has 4 N–H and O–H groups in total. The summed E-state index contributed by atoms with van der Waals surface area (Å²) in [5.41, 5.74) is 2.67. The van der Waals surface area contributed by atoms with Crippen molar-refractivity contribution in [2.45, 2.75) is 13.1 Å². The van der Waals surface area contributed by atoms with Crippen molar-refractivity contribution < 1.29 is 5.11 Å². The minimum absolute atomic E-state index is 0.149. The van der Waals surface area contributed by atoms with Gasteiger partial charge in [-0.15, -0.1) is 0 Å². The van der Waals surface area contributed by atoms with Crippen LogP contribution in [0.4, 0.5) is 11.4 Å². The van der Waals surface area contributed by atoms with Gasteiger partial charge < -0.3 is 15.7 Å². The quantitative estimate of drug-likeness (QED) is 0.389. The summed E-state index contributed by atoms with van der Waals surface area (Å²) in [4.78, 5) is 23.7. The molecule has 0 aliphatic rings. The van der Waals surface area contributed by atoms with Crippen molar-refractivity contribution in [3.63, 3.8) is 0 Å². The fraction of sp³-hybridized carbons (Fsp3) is 0.111. The van der Waals surface area contributed by atoms with E-state index < -0.39 is 10.9 Å². The minimum atomic E-state index is -0.542. The van der Waals surface area contributed by atoms with Gasteiger partial charge in [0.25, 0.3) is 10.9 Å². The lowest BCUT2D eigenvalue weighted by molar-refractivity contribution is 0.474. The highest BCUT2D eigenvalue weighted by atomic mass is 16.3. The maximum atomic E-state index is 11.9. The molecule has 3 aromatic carbocycles. The van der Waals surface area contributed by atoms with Gasteiger partial charge in [0.15, 0.2) is 0 Å². The summed E-state index contributed by atoms with van der Waals surface area (Å²) in [6.07, 6.45) is 0. The van der Waals surface area contributed by atoms with Crippen molar-refractivity contribution in [2.24, 2.45) is 0 Å². The highest BCUT2D eigenvalue weighted by Gasteiger charge is 2.20. The molecule has 0 unspecified atom stereocenters. The average Bonchev–Trinajstić information content (AvgIpc) is 3.11. The molecule has 0 amide bonds. The van der Waals surface area contributed by atoms with E-state index in [1.165, 1.54) is 0 Å². The predicted octanol–water partition coefficient (Wildman–Crippen LogP) is 1.48. The van der Waals surface area contributed by atoms with E-state index in [-0.39, 0.29) is 17.1 Å². The van der Waals surface area contributed by atoms with Crippen molar-refractivity contribution >= 4 is 22.4 Å². The van der Waals surface area contributed by atoms with E-state index >= 15 is 0 Å². The molecule has 0 atom stereocenters. The Morgan fingerprint density at radius 3 is 2.19 bits per heavy atom.